The van der Waals surface area contributed by atoms with E-state index in [1.54, 1.807) is 6.92 Å². The largest absolute Gasteiger partial charge is 0.480 e. The Bertz CT molecular complexity index is 392. The fraction of sp³-hybridized carbons (Fsp3) is 0.533. The summed E-state index contributed by atoms with van der Waals surface area (Å²) in [6, 6.07) is 9.73. The molecule has 0 aromatic heterocycles. The first-order valence-corrected chi connectivity index (χ1v) is 6.61. The van der Waals surface area contributed by atoms with Crippen LogP contribution in [0.2, 0.25) is 0 Å². The number of carbonyl (C=O) groups is 1. The van der Waals surface area contributed by atoms with Gasteiger partial charge >= 0.3 is 5.97 Å². The molecule has 0 amide bonds. The molecule has 0 heterocycles. The number of carboxylic acid groups (broad SMARTS) is 1. The van der Waals surface area contributed by atoms with Crippen molar-refractivity contribution in [2.24, 2.45) is 0 Å². The fourth-order valence-electron chi connectivity index (χ4n) is 1.98. The molecule has 1 unspecified atom stereocenters. The zero-order valence-electron chi connectivity index (χ0n) is 12.0. The van der Waals surface area contributed by atoms with Gasteiger partial charge in [-0.25, -0.2) is 0 Å². The first kappa shape index (κ1) is 15.7. The van der Waals surface area contributed by atoms with Gasteiger partial charge in [-0.15, -0.1) is 0 Å². The molecule has 0 saturated heterocycles. The summed E-state index contributed by atoms with van der Waals surface area (Å²) in [6.45, 7) is 3.40. The average molecular weight is 264 g/mol. The Labute approximate surface area is 115 Å². The maximum absolute atomic E-state index is 11.5. The summed E-state index contributed by atoms with van der Waals surface area (Å²) in [4.78, 5) is 13.6. The smallest absolute Gasteiger partial charge is 0.323 e. The first-order valence-electron chi connectivity index (χ1n) is 6.61. The molecule has 0 aliphatic carbocycles. The van der Waals surface area contributed by atoms with Crippen LogP contribution >= 0.6 is 0 Å². The van der Waals surface area contributed by atoms with Crippen molar-refractivity contribution in [3.05, 3.63) is 35.9 Å². The van der Waals surface area contributed by atoms with Crippen molar-refractivity contribution >= 4 is 5.97 Å². The minimum atomic E-state index is -0.909. The second-order valence-electron chi connectivity index (χ2n) is 5.38. The number of nitrogens with zero attached hydrogens (tertiary/aromatic N) is 1. The maximum Gasteiger partial charge on any atom is 0.323 e. The Morgan fingerprint density at radius 3 is 2.47 bits per heavy atom. The van der Waals surface area contributed by atoms with Crippen LogP contribution in [0.5, 0.6) is 0 Å². The van der Waals surface area contributed by atoms with E-state index in [4.69, 9.17) is 0 Å². The number of rotatable bonds is 8. The summed E-state index contributed by atoms with van der Waals surface area (Å²) >= 11 is 0. The van der Waals surface area contributed by atoms with E-state index in [1.807, 2.05) is 44.4 Å². The second kappa shape index (κ2) is 7.26. The number of benzene rings is 1. The quantitative estimate of drug-likeness (QED) is 0.701. The molecule has 0 aliphatic heterocycles. The van der Waals surface area contributed by atoms with Crippen molar-refractivity contribution in [2.45, 2.75) is 25.3 Å². The van der Waals surface area contributed by atoms with Gasteiger partial charge in [-0.05, 0) is 46.1 Å². The van der Waals surface area contributed by atoms with E-state index in [1.165, 1.54) is 0 Å². The minimum Gasteiger partial charge on any atom is -0.480 e. The maximum atomic E-state index is 11.5. The predicted octanol–water partition coefficient (Wildman–Crippen LogP) is 1.61. The molecule has 0 saturated carbocycles. The SMILES string of the molecule is CN(C)CCCNC(C)(Cc1ccccc1)C(=O)O. The molecule has 0 spiro atoms. The molecule has 0 fully saturated rings. The third kappa shape index (κ3) is 5.41. The Hall–Kier alpha value is -1.39. The van der Waals surface area contributed by atoms with E-state index in [9.17, 15) is 9.90 Å². The summed E-state index contributed by atoms with van der Waals surface area (Å²) in [7, 11) is 4.03. The highest BCUT2D eigenvalue weighted by atomic mass is 16.4. The standard InChI is InChI=1S/C15H24N2O2/c1-15(14(18)19,16-10-7-11-17(2)3)12-13-8-5-4-6-9-13/h4-6,8-9,16H,7,10-12H2,1-3H3,(H,18,19). The van der Waals surface area contributed by atoms with Crippen molar-refractivity contribution in [1.82, 2.24) is 10.2 Å². The lowest BCUT2D eigenvalue weighted by Gasteiger charge is -2.27. The van der Waals surface area contributed by atoms with Gasteiger partial charge in [-0.1, -0.05) is 30.3 Å². The highest BCUT2D eigenvalue weighted by molar-refractivity contribution is 5.78. The van der Waals surface area contributed by atoms with E-state index < -0.39 is 11.5 Å². The Morgan fingerprint density at radius 1 is 1.32 bits per heavy atom. The molecule has 1 rings (SSSR count). The monoisotopic (exact) mass is 264 g/mol. The van der Waals surface area contributed by atoms with Crippen LogP contribution in [-0.2, 0) is 11.2 Å². The second-order valence-corrected chi connectivity index (χ2v) is 5.38. The summed E-state index contributed by atoms with van der Waals surface area (Å²) in [5.41, 5.74) is 0.126. The molecular weight excluding hydrogens is 240 g/mol. The molecule has 1 aromatic rings. The first-order chi connectivity index (χ1) is 8.94. The Morgan fingerprint density at radius 2 is 1.95 bits per heavy atom. The van der Waals surface area contributed by atoms with Gasteiger partial charge in [0.05, 0.1) is 0 Å². The molecule has 4 heteroatoms. The van der Waals surface area contributed by atoms with Gasteiger partial charge in [0.25, 0.3) is 0 Å². The van der Waals surface area contributed by atoms with Crippen LogP contribution in [0.15, 0.2) is 30.3 Å². The molecular formula is C15H24N2O2. The number of nitrogens with one attached hydrogen (secondary N) is 1. The van der Waals surface area contributed by atoms with Crippen LogP contribution in [0.1, 0.15) is 18.9 Å². The number of hydrogen-bond acceptors (Lipinski definition) is 3. The zero-order chi connectivity index (χ0) is 14.3. The van der Waals surface area contributed by atoms with Crippen LogP contribution in [0.3, 0.4) is 0 Å². The molecule has 0 aliphatic rings. The van der Waals surface area contributed by atoms with Gasteiger partial charge in [0.1, 0.15) is 5.54 Å². The number of hydrogen-bond donors (Lipinski definition) is 2. The van der Waals surface area contributed by atoms with Crippen molar-refractivity contribution in [2.75, 3.05) is 27.2 Å². The summed E-state index contributed by atoms with van der Waals surface area (Å²) in [5, 5.41) is 12.6. The minimum absolute atomic E-state index is 0.491. The molecule has 2 N–H and O–H groups in total. The van der Waals surface area contributed by atoms with Crippen LogP contribution in [0.4, 0.5) is 0 Å². The van der Waals surface area contributed by atoms with E-state index in [0.717, 1.165) is 18.5 Å². The molecule has 0 radical (unpaired) electrons. The molecule has 1 atom stereocenters. The predicted molar refractivity (Wildman–Crippen MR) is 77.4 cm³/mol. The van der Waals surface area contributed by atoms with Crippen LogP contribution in [0.25, 0.3) is 0 Å². The summed E-state index contributed by atoms with van der Waals surface area (Å²) in [5.74, 6) is -0.804. The van der Waals surface area contributed by atoms with Crippen molar-refractivity contribution in [3.8, 4) is 0 Å². The molecule has 106 valence electrons. The third-order valence-corrected chi connectivity index (χ3v) is 3.17. The van der Waals surface area contributed by atoms with Gasteiger partial charge < -0.3 is 15.3 Å². The molecule has 1 aromatic carbocycles. The fourth-order valence-corrected chi connectivity index (χ4v) is 1.98. The number of carboxylic acids is 1. The van der Waals surface area contributed by atoms with Crippen LogP contribution in [0, 0.1) is 0 Å². The van der Waals surface area contributed by atoms with Crippen molar-refractivity contribution in [3.63, 3.8) is 0 Å². The van der Waals surface area contributed by atoms with Gasteiger partial charge in [0.15, 0.2) is 0 Å². The highest BCUT2D eigenvalue weighted by Gasteiger charge is 2.32. The normalized spacial score (nSPS) is 14.3. The van der Waals surface area contributed by atoms with Crippen LogP contribution < -0.4 is 5.32 Å². The van der Waals surface area contributed by atoms with E-state index in [0.29, 0.717) is 13.0 Å². The average Bonchev–Trinajstić information content (AvgIpc) is 2.35. The summed E-state index contributed by atoms with van der Waals surface area (Å²) < 4.78 is 0. The summed E-state index contributed by atoms with van der Waals surface area (Å²) in [6.07, 6.45) is 1.43. The Balaban J connectivity index is 2.57. The molecule has 0 bridgehead atoms. The highest BCUT2D eigenvalue weighted by Crippen LogP contribution is 2.13. The molecule has 19 heavy (non-hydrogen) atoms. The van der Waals surface area contributed by atoms with E-state index >= 15 is 0 Å². The Kier molecular flexibility index (Phi) is 5.99. The van der Waals surface area contributed by atoms with E-state index in [-0.39, 0.29) is 0 Å². The third-order valence-electron chi connectivity index (χ3n) is 3.17. The van der Waals surface area contributed by atoms with Gasteiger partial charge in [-0.2, -0.15) is 0 Å². The van der Waals surface area contributed by atoms with E-state index in [2.05, 4.69) is 10.2 Å². The van der Waals surface area contributed by atoms with Crippen molar-refractivity contribution in [1.29, 1.82) is 0 Å². The topological polar surface area (TPSA) is 52.6 Å². The number of aliphatic carboxylic acids is 1. The van der Waals surface area contributed by atoms with Gasteiger partial charge in [0.2, 0.25) is 0 Å². The van der Waals surface area contributed by atoms with Gasteiger partial charge in [0, 0.05) is 6.42 Å². The van der Waals surface area contributed by atoms with Crippen molar-refractivity contribution < 1.29 is 9.90 Å². The zero-order valence-corrected chi connectivity index (χ0v) is 12.0. The molecule has 4 nitrogen and oxygen atoms in total. The lowest BCUT2D eigenvalue weighted by molar-refractivity contribution is -0.144. The van der Waals surface area contributed by atoms with Gasteiger partial charge in [-0.3, -0.25) is 4.79 Å². The van der Waals surface area contributed by atoms with Crippen LogP contribution in [-0.4, -0.2) is 48.7 Å². The lowest BCUT2D eigenvalue weighted by Crippen LogP contribution is -2.51. The lowest BCUT2D eigenvalue weighted by atomic mass is 9.92.